The fraction of sp³-hybridized carbons (Fsp3) is 0.476. The lowest BCUT2D eigenvalue weighted by molar-refractivity contribution is 0.215. The van der Waals surface area contributed by atoms with Gasteiger partial charge in [0, 0.05) is 61.7 Å². The Morgan fingerprint density at radius 2 is 2.08 bits per heavy atom. The fourth-order valence-electron chi connectivity index (χ4n) is 4.37. The van der Waals surface area contributed by atoms with Crippen molar-refractivity contribution in [3.05, 3.63) is 51.4 Å². The number of aromatic nitrogens is 1. The first-order valence-electron chi connectivity index (χ1n) is 9.29. The molecule has 2 aliphatic heterocycles. The molecule has 3 heterocycles. The van der Waals surface area contributed by atoms with Crippen molar-refractivity contribution in [3.8, 4) is 16.9 Å². The molecule has 5 nitrogen and oxygen atoms in total. The van der Waals surface area contributed by atoms with E-state index in [1.54, 1.807) is 18.7 Å². The number of piperazine rings is 1. The Morgan fingerprint density at radius 1 is 1.27 bits per heavy atom. The van der Waals surface area contributed by atoms with Crippen molar-refractivity contribution in [3.63, 3.8) is 0 Å². The smallest absolute Gasteiger partial charge is 0.253 e. The van der Waals surface area contributed by atoms with E-state index in [-0.39, 0.29) is 5.56 Å². The summed E-state index contributed by atoms with van der Waals surface area (Å²) in [5.41, 5.74) is 5.29. The van der Waals surface area contributed by atoms with Crippen LogP contribution in [0.5, 0.6) is 5.75 Å². The summed E-state index contributed by atoms with van der Waals surface area (Å²) in [4.78, 5) is 14.7. The zero-order valence-corrected chi connectivity index (χ0v) is 16.0. The Balaban J connectivity index is 1.67. The van der Waals surface area contributed by atoms with Crippen LogP contribution in [0.4, 0.5) is 0 Å². The minimum Gasteiger partial charge on any atom is -0.496 e. The molecule has 2 aliphatic rings. The molecule has 2 fully saturated rings. The van der Waals surface area contributed by atoms with Crippen molar-refractivity contribution >= 4 is 0 Å². The first kappa shape index (κ1) is 17.3. The molecule has 0 aliphatic carbocycles. The number of likely N-dealkylation sites (tertiary alicyclic amines) is 1. The van der Waals surface area contributed by atoms with E-state index in [0.29, 0.717) is 12.1 Å². The molecule has 0 unspecified atom stereocenters. The Morgan fingerprint density at radius 3 is 2.73 bits per heavy atom. The maximum atomic E-state index is 12.1. The fourth-order valence-corrected chi connectivity index (χ4v) is 4.37. The molecule has 0 radical (unpaired) electrons. The number of ether oxygens (including phenoxy) is 1. The number of hydrogen-bond acceptors (Lipinski definition) is 4. The molecular weight excluding hydrogens is 326 g/mol. The van der Waals surface area contributed by atoms with Gasteiger partial charge in [0.2, 0.25) is 0 Å². The van der Waals surface area contributed by atoms with Gasteiger partial charge in [-0.2, -0.15) is 0 Å². The minimum absolute atomic E-state index is 0.0625. The van der Waals surface area contributed by atoms with E-state index in [4.69, 9.17) is 4.74 Å². The molecular formula is C21H27N3O2. The summed E-state index contributed by atoms with van der Waals surface area (Å²) in [7, 11) is 3.54. The van der Waals surface area contributed by atoms with Gasteiger partial charge in [-0.3, -0.25) is 9.69 Å². The number of nitrogens with zero attached hydrogens (tertiary/aromatic N) is 2. The van der Waals surface area contributed by atoms with Gasteiger partial charge in [0.05, 0.1) is 7.11 Å². The maximum Gasteiger partial charge on any atom is 0.253 e. The van der Waals surface area contributed by atoms with E-state index in [1.807, 2.05) is 20.0 Å². The molecule has 26 heavy (non-hydrogen) atoms. The largest absolute Gasteiger partial charge is 0.496 e. The van der Waals surface area contributed by atoms with Crippen LogP contribution in [0.1, 0.15) is 23.1 Å². The molecule has 0 spiro atoms. The quantitative estimate of drug-likeness (QED) is 0.916. The van der Waals surface area contributed by atoms with E-state index in [0.717, 1.165) is 47.6 Å². The zero-order valence-electron chi connectivity index (χ0n) is 16.0. The molecule has 2 aromatic rings. The number of aryl methyl sites for hydroxylation is 1. The normalized spacial score (nSPS) is 22.2. The van der Waals surface area contributed by atoms with Crippen LogP contribution >= 0.6 is 0 Å². The van der Waals surface area contributed by atoms with Crippen LogP contribution in [0.2, 0.25) is 0 Å². The van der Waals surface area contributed by atoms with Gasteiger partial charge in [0.25, 0.3) is 5.56 Å². The number of benzene rings is 1. The highest BCUT2D eigenvalue weighted by Gasteiger charge is 2.37. The molecule has 4 rings (SSSR count). The van der Waals surface area contributed by atoms with E-state index >= 15 is 0 Å². The van der Waals surface area contributed by atoms with E-state index in [9.17, 15) is 4.79 Å². The highest BCUT2D eigenvalue weighted by atomic mass is 16.5. The molecule has 1 aromatic heterocycles. The van der Waals surface area contributed by atoms with Crippen molar-refractivity contribution in [1.82, 2.24) is 14.8 Å². The second-order valence-electron chi connectivity index (χ2n) is 7.66. The first-order chi connectivity index (χ1) is 12.5. The zero-order chi connectivity index (χ0) is 18.4. The summed E-state index contributed by atoms with van der Waals surface area (Å²) >= 11 is 0. The van der Waals surface area contributed by atoms with E-state index < -0.39 is 0 Å². The molecule has 2 bridgehead atoms. The Kier molecular flexibility index (Phi) is 4.37. The second-order valence-corrected chi connectivity index (χ2v) is 7.66. The summed E-state index contributed by atoms with van der Waals surface area (Å²) in [6.07, 6.45) is 3.18. The summed E-state index contributed by atoms with van der Waals surface area (Å²) in [6.45, 7) is 7.05. The molecule has 0 amide bonds. The lowest BCUT2D eigenvalue weighted by atomic mass is 9.98. The van der Waals surface area contributed by atoms with Crippen molar-refractivity contribution in [2.24, 2.45) is 7.05 Å². The Labute approximate surface area is 154 Å². The monoisotopic (exact) mass is 353 g/mol. The molecule has 138 valence electrons. The predicted molar refractivity (Wildman–Crippen MR) is 104 cm³/mol. The summed E-state index contributed by atoms with van der Waals surface area (Å²) < 4.78 is 7.37. The number of nitrogens with one attached hydrogen (secondary N) is 1. The summed E-state index contributed by atoms with van der Waals surface area (Å²) in [5, 5.41) is 3.55. The molecule has 1 aromatic carbocycles. The van der Waals surface area contributed by atoms with Gasteiger partial charge >= 0.3 is 0 Å². The van der Waals surface area contributed by atoms with Crippen molar-refractivity contribution in [1.29, 1.82) is 0 Å². The number of rotatable bonds is 4. The molecule has 5 heteroatoms. The molecule has 1 N–H and O–H groups in total. The first-order valence-corrected chi connectivity index (χ1v) is 9.29. The SMILES string of the molecule is COc1cc(-c2cn(C)c(=O)c(C)c2C)ccc1CN1C[C@@H]2C[C@H]1CN2. The topological polar surface area (TPSA) is 46.5 Å². The number of pyridine rings is 1. The predicted octanol–water partition coefficient (Wildman–Crippen LogP) is 2.22. The highest BCUT2D eigenvalue weighted by Crippen LogP contribution is 2.32. The standard InChI is InChI=1S/C21H27N3O2/c1-13-14(2)21(25)23(3)12-19(13)15-5-6-16(20(7-15)26-4)10-24-11-17-8-18(24)9-22-17/h5-7,12,17-18,22H,8-11H2,1-4H3/t17-,18-/m0/s1. The number of hydrogen-bond donors (Lipinski definition) is 1. The van der Waals surface area contributed by atoms with Crippen LogP contribution in [0.25, 0.3) is 11.1 Å². The van der Waals surface area contributed by atoms with Crippen LogP contribution in [-0.4, -0.2) is 41.8 Å². The average molecular weight is 353 g/mol. The van der Waals surface area contributed by atoms with Gasteiger partial charge in [0.1, 0.15) is 5.75 Å². The van der Waals surface area contributed by atoms with Gasteiger partial charge in [0.15, 0.2) is 0 Å². The van der Waals surface area contributed by atoms with Crippen LogP contribution < -0.4 is 15.6 Å². The average Bonchev–Trinajstić information content (AvgIpc) is 3.26. The molecule has 0 saturated carbocycles. The second kappa shape index (κ2) is 6.56. The van der Waals surface area contributed by atoms with Crippen LogP contribution in [-0.2, 0) is 13.6 Å². The van der Waals surface area contributed by atoms with Crippen molar-refractivity contribution < 1.29 is 4.74 Å². The third-order valence-electron chi connectivity index (χ3n) is 6.07. The van der Waals surface area contributed by atoms with Gasteiger partial charge in [-0.1, -0.05) is 12.1 Å². The Bertz CT molecular complexity index is 903. The highest BCUT2D eigenvalue weighted by molar-refractivity contribution is 5.69. The van der Waals surface area contributed by atoms with Crippen LogP contribution in [0, 0.1) is 13.8 Å². The van der Waals surface area contributed by atoms with Gasteiger partial charge in [-0.25, -0.2) is 0 Å². The van der Waals surface area contributed by atoms with Gasteiger partial charge < -0.3 is 14.6 Å². The molecule has 2 saturated heterocycles. The minimum atomic E-state index is 0.0625. The van der Waals surface area contributed by atoms with Gasteiger partial charge in [-0.15, -0.1) is 0 Å². The van der Waals surface area contributed by atoms with E-state index in [2.05, 4.69) is 28.4 Å². The maximum absolute atomic E-state index is 12.1. The Hall–Kier alpha value is -2.11. The lowest BCUT2D eigenvalue weighted by Crippen LogP contribution is -2.43. The third kappa shape index (κ3) is 2.85. The van der Waals surface area contributed by atoms with Crippen LogP contribution in [0.3, 0.4) is 0 Å². The van der Waals surface area contributed by atoms with Crippen molar-refractivity contribution in [2.75, 3.05) is 20.2 Å². The summed E-state index contributed by atoms with van der Waals surface area (Å²) in [6, 6.07) is 7.73. The van der Waals surface area contributed by atoms with Crippen molar-refractivity contribution in [2.45, 2.75) is 38.9 Å². The molecule has 2 atom stereocenters. The third-order valence-corrected chi connectivity index (χ3v) is 6.07. The summed E-state index contributed by atoms with van der Waals surface area (Å²) in [5.74, 6) is 0.920. The lowest BCUT2D eigenvalue weighted by Gasteiger charge is -2.28. The van der Waals surface area contributed by atoms with E-state index in [1.165, 1.54) is 12.0 Å². The van der Waals surface area contributed by atoms with Crippen LogP contribution in [0.15, 0.2) is 29.2 Å². The number of methoxy groups -OCH3 is 1. The van der Waals surface area contributed by atoms with Gasteiger partial charge in [-0.05, 0) is 37.5 Å². The number of fused-ring (bicyclic) bond motifs is 2.